The fraction of sp³-hybridized carbons (Fsp3) is 0.500. The average molecular weight is 339 g/mol. The molecule has 1 amide bonds. The first kappa shape index (κ1) is 16.3. The molecule has 0 spiro atoms. The van der Waals surface area contributed by atoms with Crippen LogP contribution in [0.1, 0.15) is 65.7 Å². The number of hydrogen-bond donors (Lipinski definition) is 1. The number of nitrogens with zero attached hydrogens (tertiary/aromatic N) is 2. The lowest BCUT2D eigenvalue weighted by atomic mass is 9.97. The van der Waals surface area contributed by atoms with Crippen molar-refractivity contribution in [3.05, 3.63) is 52.3 Å². The van der Waals surface area contributed by atoms with Gasteiger partial charge in [0, 0.05) is 19.0 Å². The molecular weight excluding hydrogens is 314 g/mol. The predicted molar refractivity (Wildman–Crippen MR) is 95.4 cm³/mol. The smallest absolute Gasteiger partial charge is 0.272 e. The number of aryl methyl sites for hydroxylation is 2. The number of aromatic nitrogens is 2. The standard InChI is InChI=1S/C20H25N3O2/c1-12-7-5-6-8-16(12)20(9-10-20)21-19(24)17-15-11-13(2)25-14(3)18(15)23(4)22-17/h5-8,13-14H,9-11H2,1-4H3,(H,21,24)/t13-,14+/m1/s1. The highest BCUT2D eigenvalue weighted by Crippen LogP contribution is 2.47. The minimum atomic E-state index is -0.227. The van der Waals surface area contributed by atoms with Crippen molar-refractivity contribution in [2.45, 2.75) is 57.8 Å². The molecule has 2 aliphatic rings. The highest BCUT2D eigenvalue weighted by Gasteiger charge is 2.47. The molecule has 25 heavy (non-hydrogen) atoms. The number of amides is 1. The van der Waals surface area contributed by atoms with Gasteiger partial charge in [-0.2, -0.15) is 5.10 Å². The largest absolute Gasteiger partial charge is 0.369 e. The van der Waals surface area contributed by atoms with Crippen molar-refractivity contribution in [3.8, 4) is 0 Å². The lowest BCUT2D eigenvalue weighted by Gasteiger charge is -2.26. The molecule has 1 aromatic carbocycles. The third-order valence-electron chi connectivity index (χ3n) is 5.49. The van der Waals surface area contributed by atoms with Gasteiger partial charge >= 0.3 is 0 Å². The summed E-state index contributed by atoms with van der Waals surface area (Å²) in [6.07, 6.45) is 2.75. The van der Waals surface area contributed by atoms with Crippen molar-refractivity contribution in [3.63, 3.8) is 0 Å². The topological polar surface area (TPSA) is 56.2 Å². The number of carbonyl (C=O) groups is 1. The quantitative estimate of drug-likeness (QED) is 0.934. The van der Waals surface area contributed by atoms with Crippen LogP contribution < -0.4 is 5.32 Å². The van der Waals surface area contributed by atoms with Crippen LogP contribution in [-0.4, -0.2) is 21.8 Å². The van der Waals surface area contributed by atoms with E-state index in [0.717, 1.165) is 30.5 Å². The molecule has 1 aliphatic heterocycles. The SMILES string of the molecule is Cc1ccccc1C1(NC(=O)c2nn(C)c3c2C[C@@H](C)O[C@H]3C)CC1. The van der Waals surface area contributed by atoms with Gasteiger partial charge in [-0.05, 0) is 44.7 Å². The van der Waals surface area contributed by atoms with E-state index < -0.39 is 0 Å². The van der Waals surface area contributed by atoms with Crippen LogP contribution in [0.5, 0.6) is 0 Å². The molecule has 4 rings (SSSR count). The Bertz CT molecular complexity index is 835. The molecule has 0 radical (unpaired) electrons. The van der Waals surface area contributed by atoms with Gasteiger partial charge in [-0.25, -0.2) is 0 Å². The van der Waals surface area contributed by atoms with Gasteiger partial charge in [-0.1, -0.05) is 24.3 Å². The Labute approximate surface area is 148 Å². The molecule has 2 atom stereocenters. The summed E-state index contributed by atoms with van der Waals surface area (Å²) in [7, 11) is 1.89. The molecule has 5 heteroatoms. The molecule has 132 valence electrons. The summed E-state index contributed by atoms with van der Waals surface area (Å²) in [6.45, 7) is 6.17. The number of benzene rings is 1. The predicted octanol–water partition coefficient (Wildman–Crippen LogP) is 3.17. The van der Waals surface area contributed by atoms with Gasteiger partial charge in [0.05, 0.1) is 23.4 Å². The molecule has 1 fully saturated rings. The number of hydrogen-bond acceptors (Lipinski definition) is 3. The van der Waals surface area contributed by atoms with Crippen molar-refractivity contribution >= 4 is 5.91 Å². The summed E-state index contributed by atoms with van der Waals surface area (Å²) in [6, 6.07) is 8.30. The first-order chi connectivity index (χ1) is 11.9. The molecule has 2 heterocycles. The third-order valence-corrected chi connectivity index (χ3v) is 5.49. The minimum Gasteiger partial charge on any atom is -0.369 e. The minimum absolute atomic E-state index is 0.0379. The maximum absolute atomic E-state index is 13.1. The number of rotatable bonds is 3. The Kier molecular flexibility index (Phi) is 3.72. The second-order valence-corrected chi connectivity index (χ2v) is 7.48. The maximum Gasteiger partial charge on any atom is 0.272 e. The van der Waals surface area contributed by atoms with Crippen LogP contribution in [0.3, 0.4) is 0 Å². The zero-order chi connectivity index (χ0) is 17.8. The first-order valence-corrected chi connectivity index (χ1v) is 9.01. The van der Waals surface area contributed by atoms with Gasteiger partial charge < -0.3 is 10.1 Å². The van der Waals surface area contributed by atoms with E-state index in [2.05, 4.69) is 29.5 Å². The Morgan fingerprint density at radius 2 is 2.04 bits per heavy atom. The van der Waals surface area contributed by atoms with E-state index in [4.69, 9.17) is 4.74 Å². The van der Waals surface area contributed by atoms with Gasteiger partial charge in [0.25, 0.3) is 5.91 Å². The van der Waals surface area contributed by atoms with E-state index in [1.165, 1.54) is 11.1 Å². The lowest BCUT2D eigenvalue weighted by Crippen LogP contribution is -2.36. The van der Waals surface area contributed by atoms with Crippen LogP contribution in [0.2, 0.25) is 0 Å². The summed E-state index contributed by atoms with van der Waals surface area (Å²) >= 11 is 0. The number of carbonyl (C=O) groups excluding carboxylic acids is 1. The molecule has 1 saturated carbocycles. The second kappa shape index (κ2) is 5.70. The van der Waals surface area contributed by atoms with E-state index in [0.29, 0.717) is 5.69 Å². The van der Waals surface area contributed by atoms with Gasteiger partial charge in [0.15, 0.2) is 5.69 Å². The molecule has 0 saturated heterocycles. The normalized spacial score (nSPS) is 23.8. The molecule has 5 nitrogen and oxygen atoms in total. The summed E-state index contributed by atoms with van der Waals surface area (Å²) < 4.78 is 7.69. The van der Waals surface area contributed by atoms with Crippen LogP contribution in [0.25, 0.3) is 0 Å². The average Bonchev–Trinajstić information content (AvgIpc) is 3.24. The number of ether oxygens (including phenoxy) is 1. The zero-order valence-electron chi connectivity index (χ0n) is 15.3. The summed E-state index contributed by atoms with van der Waals surface area (Å²) in [5, 5.41) is 7.81. The van der Waals surface area contributed by atoms with Gasteiger partial charge in [-0.15, -0.1) is 0 Å². The van der Waals surface area contributed by atoms with Crippen LogP contribution in [0, 0.1) is 6.92 Å². The Morgan fingerprint density at radius 3 is 2.72 bits per heavy atom. The Hall–Kier alpha value is -2.14. The van der Waals surface area contributed by atoms with Gasteiger partial charge in [0.1, 0.15) is 0 Å². The van der Waals surface area contributed by atoms with Crippen LogP contribution in [0.4, 0.5) is 0 Å². The summed E-state index contributed by atoms with van der Waals surface area (Å²) in [5.41, 5.74) is 4.82. The second-order valence-electron chi connectivity index (χ2n) is 7.48. The lowest BCUT2D eigenvalue weighted by molar-refractivity contribution is -0.00903. The molecule has 1 N–H and O–H groups in total. The first-order valence-electron chi connectivity index (χ1n) is 9.01. The summed E-state index contributed by atoms with van der Waals surface area (Å²) in [5.74, 6) is -0.0705. The molecule has 0 unspecified atom stereocenters. The van der Waals surface area contributed by atoms with Gasteiger partial charge in [0.2, 0.25) is 0 Å². The van der Waals surface area contributed by atoms with Crippen molar-refractivity contribution in [1.29, 1.82) is 0 Å². The highest BCUT2D eigenvalue weighted by atomic mass is 16.5. The van der Waals surface area contributed by atoms with Gasteiger partial charge in [-0.3, -0.25) is 9.48 Å². The van der Waals surface area contributed by atoms with E-state index in [1.54, 1.807) is 4.68 Å². The van der Waals surface area contributed by atoms with Crippen LogP contribution in [-0.2, 0) is 23.7 Å². The number of fused-ring (bicyclic) bond motifs is 1. The molecule has 0 bridgehead atoms. The van der Waals surface area contributed by atoms with E-state index >= 15 is 0 Å². The van der Waals surface area contributed by atoms with E-state index in [-0.39, 0.29) is 23.7 Å². The van der Waals surface area contributed by atoms with Crippen molar-refractivity contribution in [2.75, 3.05) is 0 Å². The Morgan fingerprint density at radius 1 is 1.32 bits per heavy atom. The molecule has 2 aromatic rings. The number of nitrogens with one attached hydrogen (secondary N) is 1. The van der Waals surface area contributed by atoms with E-state index in [1.807, 2.05) is 33.0 Å². The highest BCUT2D eigenvalue weighted by molar-refractivity contribution is 5.95. The van der Waals surface area contributed by atoms with Crippen molar-refractivity contribution in [1.82, 2.24) is 15.1 Å². The molecule has 1 aliphatic carbocycles. The fourth-order valence-electron chi connectivity index (χ4n) is 4.19. The maximum atomic E-state index is 13.1. The van der Waals surface area contributed by atoms with Crippen molar-refractivity contribution < 1.29 is 9.53 Å². The van der Waals surface area contributed by atoms with Crippen LogP contribution in [0.15, 0.2) is 24.3 Å². The fourth-order valence-corrected chi connectivity index (χ4v) is 4.19. The third kappa shape index (κ3) is 2.67. The zero-order valence-corrected chi connectivity index (χ0v) is 15.3. The monoisotopic (exact) mass is 339 g/mol. The van der Waals surface area contributed by atoms with Crippen molar-refractivity contribution in [2.24, 2.45) is 7.05 Å². The van der Waals surface area contributed by atoms with Crippen LogP contribution >= 0.6 is 0 Å². The molecular formula is C20H25N3O2. The Balaban J connectivity index is 1.65. The molecule has 1 aromatic heterocycles. The van der Waals surface area contributed by atoms with E-state index in [9.17, 15) is 4.79 Å². The summed E-state index contributed by atoms with van der Waals surface area (Å²) in [4.78, 5) is 13.1.